The minimum Gasteiger partial charge on any atom is -0.397 e. The molecule has 5 rings (SSSR count). The molecule has 0 saturated carbocycles. The summed E-state index contributed by atoms with van der Waals surface area (Å²) in [5, 5.41) is 19.2. The van der Waals surface area contributed by atoms with Crippen molar-refractivity contribution >= 4 is 44.9 Å². The molecule has 4 aromatic rings. The molecular formula is C25H27N8O2S+. The molecule has 5 N–H and O–H groups in total. The quantitative estimate of drug-likeness (QED) is 0.348. The fourth-order valence-corrected chi connectivity index (χ4v) is 5.46. The SMILES string of the molecule is CC(C)c1ccc(-c2c(C#N)c(N)nc3sc(C(=O)Nc4c[n+](N5CCCCC5)no4)c(N)c23)cc1. The van der Waals surface area contributed by atoms with Crippen LogP contribution in [-0.2, 0) is 0 Å². The summed E-state index contributed by atoms with van der Waals surface area (Å²) in [6.45, 7) is 5.98. The highest BCUT2D eigenvalue weighted by molar-refractivity contribution is 7.21. The van der Waals surface area contributed by atoms with E-state index in [1.807, 2.05) is 24.3 Å². The predicted octanol–water partition coefficient (Wildman–Crippen LogP) is 3.77. The third kappa shape index (κ3) is 4.20. The van der Waals surface area contributed by atoms with Crippen LogP contribution in [0.3, 0.4) is 0 Å². The van der Waals surface area contributed by atoms with Crippen molar-refractivity contribution in [1.82, 2.24) is 10.3 Å². The van der Waals surface area contributed by atoms with Crippen molar-refractivity contribution in [2.75, 3.05) is 34.9 Å². The van der Waals surface area contributed by atoms with Gasteiger partial charge in [-0.3, -0.25) is 14.6 Å². The first-order chi connectivity index (χ1) is 17.4. The maximum atomic E-state index is 13.2. The molecule has 4 heterocycles. The Balaban J connectivity index is 1.52. The minimum absolute atomic E-state index is 0.0963. The Morgan fingerprint density at radius 3 is 2.61 bits per heavy atom. The smallest absolute Gasteiger partial charge is 0.306 e. The Bertz CT molecular complexity index is 1480. The molecule has 0 aliphatic carbocycles. The van der Waals surface area contributed by atoms with E-state index in [0.29, 0.717) is 21.7 Å². The number of pyridine rings is 1. The van der Waals surface area contributed by atoms with Crippen molar-refractivity contribution in [3.05, 3.63) is 46.5 Å². The van der Waals surface area contributed by atoms with Gasteiger partial charge in [0.1, 0.15) is 27.2 Å². The number of hydrogen-bond donors (Lipinski definition) is 3. The van der Waals surface area contributed by atoms with Gasteiger partial charge in [0.25, 0.3) is 12.1 Å². The van der Waals surface area contributed by atoms with Crippen molar-refractivity contribution in [2.45, 2.75) is 39.0 Å². The number of amides is 1. The second kappa shape index (κ2) is 9.47. The van der Waals surface area contributed by atoms with Crippen molar-refractivity contribution in [1.29, 1.82) is 5.26 Å². The van der Waals surface area contributed by atoms with E-state index >= 15 is 0 Å². The first kappa shape index (κ1) is 23.6. The fourth-order valence-electron chi connectivity index (χ4n) is 4.45. The number of thiophene rings is 1. The van der Waals surface area contributed by atoms with Gasteiger partial charge in [0.15, 0.2) is 0 Å². The van der Waals surface area contributed by atoms with Gasteiger partial charge in [-0.15, -0.1) is 11.3 Å². The monoisotopic (exact) mass is 503 g/mol. The van der Waals surface area contributed by atoms with Gasteiger partial charge in [0.2, 0.25) is 5.27 Å². The third-order valence-electron chi connectivity index (χ3n) is 6.40. The molecule has 1 aliphatic heterocycles. The number of nitrogens with two attached hydrogens (primary N) is 2. The molecule has 0 spiro atoms. The van der Waals surface area contributed by atoms with Crippen LogP contribution in [0.2, 0.25) is 0 Å². The molecule has 1 amide bonds. The predicted molar refractivity (Wildman–Crippen MR) is 139 cm³/mol. The average Bonchev–Trinajstić information content (AvgIpc) is 3.48. The van der Waals surface area contributed by atoms with Gasteiger partial charge < -0.3 is 11.5 Å². The maximum Gasteiger partial charge on any atom is 0.306 e. The van der Waals surface area contributed by atoms with E-state index in [0.717, 1.165) is 42.8 Å². The summed E-state index contributed by atoms with van der Waals surface area (Å²) in [7, 11) is 0. The molecule has 0 radical (unpaired) electrons. The molecule has 1 saturated heterocycles. The van der Waals surface area contributed by atoms with Crippen LogP contribution >= 0.6 is 11.3 Å². The van der Waals surface area contributed by atoms with E-state index in [1.54, 1.807) is 11.0 Å². The molecule has 10 nitrogen and oxygen atoms in total. The fraction of sp³-hybridized carbons (Fsp3) is 0.320. The Labute approximate surface area is 212 Å². The number of carbonyl (C=O) groups excluding carboxylic acids is 1. The highest BCUT2D eigenvalue weighted by Crippen LogP contribution is 2.43. The number of benzene rings is 1. The number of aromatic nitrogens is 3. The summed E-state index contributed by atoms with van der Waals surface area (Å²) >= 11 is 1.12. The number of rotatable bonds is 5. The summed E-state index contributed by atoms with van der Waals surface area (Å²) in [6, 6.07) is 10.1. The van der Waals surface area contributed by atoms with Gasteiger partial charge in [0, 0.05) is 10.9 Å². The van der Waals surface area contributed by atoms with Crippen LogP contribution in [0.5, 0.6) is 0 Å². The van der Waals surface area contributed by atoms with Gasteiger partial charge in [-0.1, -0.05) is 38.1 Å². The molecule has 0 unspecified atom stereocenters. The number of nitrogens with zero attached hydrogens (tertiary/aromatic N) is 5. The molecule has 36 heavy (non-hydrogen) atoms. The standard InChI is InChI=1S/C25H26N8O2S/c1-14(2)15-6-8-16(9-7-15)19-17(12-26)23(28)30-25-20(19)21(27)22(36-25)24(34)29-18-13-33(31-35-18)32-10-4-3-5-11-32/h6-9,13-14H,3-5,10-11H2,1-2H3,(H4-,27,28,29,30,31,34)/p+1. The zero-order valence-electron chi connectivity index (χ0n) is 20.1. The van der Waals surface area contributed by atoms with Gasteiger partial charge in [0.05, 0.1) is 23.6 Å². The highest BCUT2D eigenvalue weighted by atomic mass is 32.1. The average molecular weight is 504 g/mol. The Morgan fingerprint density at radius 2 is 1.94 bits per heavy atom. The van der Waals surface area contributed by atoms with Crippen LogP contribution < -0.4 is 26.6 Å². The Hall–Kier alpha value is -4.17. The zero-order valence-corrected chi connectivity index (χ0v) is 20.9. The van der Waals surface area contributed by atoms with Crippen LogP contribution in [0.1, 0.15) is 59.8 Å². The molecule has 0 atom stereocenters. The number of piperidine rings is 1. The zero-order chi connectivity index (χ0) is 25.4. The van der Waals surface area contributed by atoms with Crippen molar-refractivity contribution in [3.63, 3.8) is 0 Å². The summed E-state index contributed by atoms with van der Waals surface area (Å²) in [4.78, 5) is 19.9. The van der Waals surface area contributed by atoms with E-state index in [2.05, 4.69) is 40.5 Å². The summed E-state index contributed by atoms with van der Waals surface area (Å²) in [6.07, 6.45) is 5.00. The van der Waals surface area contributed by atoms with Crippen LogP contribution in [-0.4, -0.2) is 29.3 Å². The number of fused-ring (bicyclic) bond motifs is 1. The number of hydrogen-bond acceptors (Lipinski definition) is 9. The molecule has 1 fully saturated rings. The lowest BCUT2D eigenvalue weighted by Gasteiger charge is -2.17. The Kier molecular flexibility index (Phi) is 6.20. The van der Waals surface area contributed by atoms with Crippen molar-refractivity contribution in [3.8, 4) is 17.2 Å². The highest BCUT2D eigenvalue weighted by Gasteiger charge is 2.27. The van der Waals surface area contributed by atoms with E-state index < -0.39 is 5.91 Å². The van der Waals surface area contributed by atoms with Crippen LogP contribution in [0, 0.1) is 11.3 Å². The first-order valence-corrected chi connectivity index (χ1v) is 12.7. The molecule has 0 bridgehead atoms. The van der Waals surface area contributed by atoms with E-state index in [4.69, 9.17) is 16.0 Å². The van der Waals surface area contributed by atoms with Crippen LogP contribution in [0.4, 0.5) is 17.4 Å². The minimum atomic E-state index is -0.448. The van der Waals surface area contributed by atoms with E-state index in [1.165, 1.54) is 12.0 Å². The Morgan fingerprint density at radius 1 is 1.22 bits per heavy atom. The number of nitriles is 1. The summed E-state index contributed by atoms with van der Waals surface area (Å²) in [5.74, 6) is 0.218. The largest absolute Gasteiger partial charge is 0.397 e. The summed E-state index contributed by atoms with van der Waals surface area (Å²) < 4.78 is 5.33. The number of carbonyl (C=O) groups is 1. The van der Waals surface area contributed by atoms with Gasteiger partial charge in [-0.05, 0) is 36.3 Å². The van der Waals surface area contributed by atoms with E-state index in [-0.39, 0.29) is 27.8 Å². The second-order valence-electron chi connectivity index (χ2n) is 9.12. The number of anilines is 3. The molecule has 184 valence electrons. The van der Waals surface area contributed by atoms with Crippen molar-refractivity contribution < 1.29 is 14.1 Å². The van der Waals surface area contributed by atoms with Gasteiger partial charge in [-0.2, -0.15) is 10.3 Å². The topological polar surface area (TPSA) is 151 Å². The van der Waals surface area contributed by atoms with Crippen molar-refractivity contribution in [2.24, 2.45) is 0 Å². The molecule has 11 heteroatoms. The third-order valence-corrected chi connectivity index (χ3v) is 7.50. The van der Waals surface area contributed by atoms with Crippen LogP contribution in [0.25, 0.3) is 21.3 Å². The molecule has 3 aromatic heterocycles. The van der Waals surface area contributed by atoms with Gasteiger partial charge >= 0.3 is 5.88 Å². The molecule has 1 aromatic carbocycles. The van der Waals surface area contributed by atoms with Gasteiger partial charge in [-0.25, -0.2) is 4.98 Å². The number of nitrogen functional groups attached to an aromatic ring is 2. The lowest BCUT2D eigenvalue weighted by Crippen LogP contribution is -2.60. The maximum absolute atomic E-state index is 13.2. The van der Waals surface area contributed by atoms with E-state index in [9.17, 15) is 10.1 Å². The molecule has 1 aliphatic rings. The normalized spacial score (nSPS) is 13.8. The van der Waals surface area contributed by atoms with Crippen LogP contribution in [0.15, 0.2) is 35.0 Å². The molecular weight excluding hydrogens is 476 g/mol. The summed E-state index contributed by atoms with van der Waals surface area (Å²) in [5.41, 5.74) is 15.6. The lowest BCUT2D eigenvalue weighted by molar-refractivity contribution is -0.759. The second-order valence-corrected chi connectivity index (χ2v) is 10.1. The first-order valence-electron chi connectivity index (χ1n) is 11.8. The number of nitrogens with one attached hydrogen (secondary N) is 1. The lowest BCUT2D eigenvalue weighted by atomic mass is 9.94.